The van der Waals surface area contributed by atoms with Gasteiger partial charge in [0, 0.05) is 29.5 Å². The molecular weight excluding hydrogens is 254 g/mol. The molecule has 0 amide bonds. The summed E-state index contributed by atoms with van der Waals surface area (Å²) in [7, 11) is 0. The van der Waals surface area contributed by atoms with Crippen LogP contribution in [0, 0.1) is 5.92 Å². The standard InChI is InChI=1S/C13H10ClNO3/c14-8-3-1-2-7-11-9(15-12(7)8)4-6(13(17)18)5-10(11)16/h1-3,6,15H,4-5H2,(H,17,18). The molecular formula is C13H10ClNO3. The summed E-state index contributed by atoms with van der Waals surface area (Å²) in [6.45, 7) is 0. The van der Waals surface area contributed by atoms with Gasteiger partial charge in [0.1, 0.15) is 0 Å². The first-order valence-electron chi connectivity index (χ1n) is 5.63. The number of hydrogen-bond acceptors (Lipinski definition) is 2. The van der Waals surface area contributed by atoms with Crippen LogP contribution in [-0.2, 0) is 11.2 Å². The van der Waals surface area contributed by atoms with Crippen molar-refractivity contribution in [2.24, 2.45) is 5.92 Å². The molecule has 2 N–H and O–H groups in total. The van der Waals surface area contributed by atoms with Crippen molar-refractivity contribution in [3.05, 3.63) is 34.5 Å². The summed E-state index contributed by atoms with van der Waals surface area (Å²) in [6, 6.07) is 5.36. The van der Waals surface area contributed by atoms with E-state index in [1.165, 1.54) is 0 Å². The number of Topliss-reactive ketones (excluding diaryl/α,β-unsaturated/α-hetero) is 1. The molecule has 3 rings (SSSR count). The molecule has 1 aliphatic rings. The van der Waals surface area contributed by atoms with Crippen LogP contribution in [0.4, 0.5) is 0 Å². The third kappa shape index (κ3) is 1.53. The number of nitrogens with one attached hydrogen (secondary N) is 1. The van der Waals surface area contributed by atoms with Gasteiger partial charge < -0.3 is 10.1 Å². The number of fused-ring (bicyclic) bond motifs is 3. The minimum atomic E-state index is -0.932. The number of benzene rings is 1. The molecule has 1 aliphatic carbocycles. The average Bonchev–Trinajstić information content (AvgIpc) is 2.69. The number of para-hydroxylation sites is 1. The SMILES string of the molecule is O=C1CC(C(=O)O)Cc2[nH]c3c(Cl)cccc3c21. The van der Waals surface area contributed by atoms with Gasteiger partial charge in [-0.3, -0.25) is 9.59 Å². The highest BCUT2D eigenvalue weighted by Gasteiger charge is 2.32. The van der Waals surface area contributed by atoms with Crippen molar-refractivity contribution in [1.82, 2.24) is 4.98 Å². The van der Waals surface area contributed by atoms with Gasteiger partial charge >= 0.3 is 5.97 Å². The smallest absolute Gasteiger partial charge is 0.307 e. The van der Waals surface area contributed by atoms with Gasteiger partial charge in [-0.1, -0.05) is 23.7 Å². The molecule has 0 saturated carbocycles. The molecule has 0 fully saturated rings. The van der Waals surface area contributed by atoms with Crippen molar-refractivity contribution in [3.8, 4) is 0 Å². The molecule has 1 aromatic heterocycles. The van der Waals surface area contributed by atoms with E-state index in [1.807, 2.05) is 6.07 Å². The molecule has 18 heavy (non-hydrogen) atoms. The van der Waals surface area contributed by atoms with Crippen LogP contribution in [0.5, 0.6) is 0 Å². The lowest BCUT2D eigenvalue weighted by Crippen LogP contribution is -2.25. The average molecular weight is 264 g/mol. The molecule has 1 atom stereocenters. The summed E-state index contributed by atoms with van der Waals surface area (Å²) in [5.41, 5.74) is 2.00. The fourth-order valence-corrected chi connectivity index (χ4v) is 2.75. The van der Waals surface area contributed by atoms with E-state index in [2.05, 4.69) is 4.98 Å². The van der Waals surface area contributed by atoms with E-state index < -0.39 is 11.9 Å². The largest absolute Gasteiger partial charge is 0.481 e. The summed E-state index contributed by atoms with van der Waals surface area (Å²) < 4.78 is 0. The molecule has 2 aromatic rings. The number of halogens is 1. The second-order valence-electron chi connectivity index (χ2n) is 4.51. The quantitative estimate of drug-likeness (QED) is 0.831. The molecule has 0 saturated heterocycles. The number of aromatic amines is 1. The molecule has 0 aliphatic heterocycles. The maximum absolute atomic E-state index is 12.1. The monoisotopic (exact) mass is 263 g/mol. The first-order chi connectivity index (χ1) is 8.58. The molecule has 92 valence electrons. The fourth-order valence-electron chi connectivity index (χ4n) is 2.53. The second-order valence-corrected chi connectivity index (χ2v) is 4.91. The zero-order chi connectivity index (χ0) is 12.9. The number of hydrogen-bond donors (Lipinski definition) is 2. The third-order valence-electron chi connectivity index (χ3n) is 3.37. The van der Waals surface area contributed by atoms with E-state index in [4.69, 9.17) is 16.7 Å². The van der Waals surface area contributed by atoms with E-state index in [0.717, 1.165) is 5.39 Å². The van der Waals surface area contributed by atoms with Crippen LogP contribution in [0.15, 0.2) is 18.2 Å². The first-order valence-corrected chi connectivity index (χ1v) is 6.01. The Bertz CT molecular complexity index is 674. The van der Waals surface area contributed by atoms with Crippen LogP contribution in [-0.4, -0.2) is 21.8 Å². The normalized spacial score (nSPS) is 18.9. The van der Waals surface area contributed by atoms with Crippen molar-refractivity contribution in [1.29, 1.82) is 0 Å². The molecule has 1 heterocycles. The number of rotatable bonds is 1. The zero-order valence-electron chi connectivity index (χ0n) is 9.37. The van der Waals surface area contributed by atoms with Crippen molar-refractivity contribution in [3.63, 3.8) is 0 Å². The van der Waals surface area contributed by atoms with Gasteiger partial charge in [-0.2, -0.15) is 0 Å². The predicted octanol–water partition coefficient (Wildman–Crippen LogP) is 2.65. The van der Waals surface area contributed by atoms with Crippen LogP contribution in [0.1, 0.15) is 22.5 Å². The highest BCUT2D eigenvalue weighted by Crippen LogP contribution is 2.34. The number of carboxylic acid groups (broad SMARTS) is 1. The van der Waals surface area contributed by atoms with Gasteiger partial charge in [0.25, 0.3) is 0 Å². The highest BCUT2D eigenvalue weighted by atomic mass is 35.5. The van der Waals surface area contributed by atoms with Gasteiger partial charge in [0.05, 0.1) is 16.5 Å². The molecule has 5 heteroatoms. The first kappa shape index (κ1) is 11.3. The van der Waals surface area contributed by atoms with Gasteiger partial charge in [-0.25, -0.2) is 0 Å². The summed E-state index contributed by atoms with van der Waals surface area (Å²) in [5.74, 6) is -1.70. The lowest BCUT2D eigenvalue weighted by Gasteiger charge is -2.17. The molecule has 1 unspecified atom stereocenters. The van der Waals surface area contributed by atoms with E-state index in [0.29, 0.717) is 28.2 Å². The van der Waals surface area contributed by atoms with Gasteiger partial charge in [-0.05, 0) is 6.07 Å². The van der Waals surface area contributed by atoms with Crippen LogP contribution in [0.2, 0.25) is 5.02 Å². The Morgan fingerprint density at radius 2 is 2.17 bits per heavy atom. The predicted molar refractivity (Wildman–Crippen MR) is 67.1 cm³/mol. The summed E-state index contributed by atoms with van der Waals surface area (Å²) in [5, 5.41) is 10.3. The van der Waals surface area contributed by atoms with Crippen molar-refractivity contribution in [2.75, 3.05) is 0 Å². The number of aromatic nitrogens is 1. The summed E-state index contributed by atoms with van der Waals surface area (Å²) >= 11 is 6.06. The zero-order valence-corrected chi connectivity index (χ0v) is 10.1. The molecule has 0 spiro atoms. The minimum absolute atomic E-state index is 0.0573. The van der Waals surface area contributed by atoms with Crippen LogP contribution in [0.3, 0.4) is 0 Å². The number of carbonyl (C=O) groups is 2. The Labute approximate surface area is 108 Å². The Kier molecular flexibility index (Phi) is 2.41. The van der Waals surface area contributed by atoms with Gasteiger partial charge in [0.15, 0.2) is 5.78 Å². The van der Waals surface area contributed by atoms with E-state index in [9.17, 15) is 9.59 Å². The maximum Gasteiger partial charge on any atom is 0.307 e. The van der Waals surface area contributed by atoms with Gasteiger partial charge in [0.2, 0.25) is 0 Å². The number of ketones is 1. The lowest BCUT2D eigenvalue weighted by molar-refractivity contribution is -0.141. The minimum Gasteiger partial charge on any atom is -0.481 e. The molecule has 0 bridgehead atoms. The second kappa shape index (κ2) is 3.85. The summed E-state index contributed by atoms with van der Waals surface area (Å²) in [6.07, 6.45) is 0.406. The van der Waals surface area contributed by atoms with Crippen molar-refractivity contribution < 1.29 is 14.7 Å². The fraction of sp³-hybridized carbons (Fsp3) is 0.231. The topological polar surface area (TPSA) is 70.2 Å². The van der Waals surface area contributed by atoms with Crippen molar-refractivity contribution >= 4 is 34.3 Å². The van der Waals surface area contributed by atoms with E-state index in [1.54, 1.807) is 12.1 Å². The van der Waals surface area contributed by atoms with Gasteiger partial charge in [-0.15, -0.1) is 0 Å². The van der Waals surface area contributed by atoms with Crippen LogP contribution >= 0.6 is 11.6 Å². The lowest BCUT2D eigenvalue weighted by atomic mass is 9.86. The molecule has 4 nitrogen and oxygen atoms in total. The Hall–Kier alpha value is -1.81. The Balaban J connectivity index is 2.22. The molecule has 1 aromatic carbocycles. The number of carboxylic acids is 1. The molecule has 0 radical (unpaired) electrons. The Morgan fingerprint density at radius 1 is 1.39 bits per heavy atom. The van der Waals surface area contributed by atoms with Crippen LogP contribution < -0.4 is 0 Å². The number of aliphatic carboxylic acids is 1. The van der Waals surface area contributed by atoms with E-state index >= 15 is 0 Å². The highest BCUT2D eigenvalue weighted by molar-refractivity contribution is 6.35. The van der Waals surface area contributed by atoms with E-state index in [-0.39, 0.29) is 12.2 Å². The number of H-pyrrole nitrogens is 1. The van der Waals surface area contributed by atoms with Crippen molar-refractivity contribution in [2.45, 2.75) is 12.8 Å². The van der Waals surface area contributed by atoms with Crippen LogP contribution in [0.25, 0.3) is 10.9 Å². The third-order valence-corrected chi connectivity index (χ3v) is 3.69. The Morgan fingerprint density at radius 3 is 2.89 bits per heavy atom. The summed E-state index contributed by atoms with van der Waals surface area (Å²) in [4.78, 5) is 26.1. The maximum atomic E-state index is 12.1. The number of carbonyl (C=O) groups excluding carboxylic acids is 1.